The SMILES string of the molecule is NC(=O)C(O)CNS(=O)(=O)c1ccc(C(=O)O)cc1F. The Hall–Kier alpha value is -2.04. The first-order valence-corrected chi connectivity index (χ1v) is 6.63. The van der Waals surface area contributed by atoms with Gasteiger partial charge in [-0.3, -0.25) is 4.79 Å². The lowest BCUT2D eigenvalue weighted by Crippen LogP contribution is -2.40. The Morgan fingerprint density at radius 2 is 2.00 bits per heavy atom. The van der Waals surface area contributed by atoms with Gasteiger partial charge < -0.3 is 15.9 Å². The molecule has 5 N–H and O–H groups in total. The molecule has 8 nitrogen and oxygen atoms in total. The van der Waals surface area contributed by atoms with Crippen molar-refractivity contribution in [3.8, 4) is 0 Å². The van der Waals surface area contributed by atoms with Crippen molar-refractivity contribution in [3.05, 3.63) is 29.6 Å². The number of hydrogen-bond donors (Lipinski definition) is 4. The van der Waals surface area contributed by atoms with Gasteiger partial charge in [0.05, 0.1) is 5.56 Å². The summed E-state index contributed by atoms with van der Waals surface area (Å²) in [6.45, 7) is -0.724. The van der Waals surface area contributed by atoms with Crippen molar-refractivity contribution in [2.75, 3.05) is 6.54 Å². The second-order valence-corrected chi connectivity index (χ2v) is 5.46. The predicted molar refractivity (Wildman–Crippen MR) is 63.7 cm³/mol. The maximum absolute atomic E-state index is 13.6. The summed E-state index contributed by atoms with van der Waals surface area (Å²) in [6.07, 6.45) is -1.76. The number of carboxylic acid groups (broad SMARTS) is 1. The fraction of sp³-hybridized carbons (Fsp3) is 0.200. The summed E-state index contributed by atoms with van der Waals surface area (Å²) in [6, 6.07) is 2.21. The number of primary amides is 1. The van der Waals surface area contributed by atoms with E-state index >= 15 is 0 Å². The standard InChI is InChI=1S/C10H11FN2O6S/c11-6-3-5(10(16)17)1-2-8(6)20(18,19)13-4-7(14)9(12)15/h1-3,7,13-14H,4H2,(H2,12,15)(H,16,17). The van der Waals surface area contributed by atoms with Gasteiger partial charge in [-0.2, -0.15) is 0 Å². The summed E-state index contributed by atoms with van der Waals surface area (Å²) in [5.74, 6) is -3.83. The second kappa shape index (κ2) is 5.94. The number of carboxylic acids is 1. The minimum absolute atomic E-state index is 0.418. The third-order valence-electron chi connectivity index (χ3n) is 2.26. The minimum atomic E-state index is -4.35. The second-order valence-electron chi connectivity index (χ2n) is 3.72. The third-order valence-corrected chi connectivity index (χ3v) is 3.72. The van der Waals surface area contributed by atoms with Crippen molar-refractivity contribution in [1.29, 1.82) is 0 Å². The maximum Gasteiger partial charge on any atom is 0.335 e. The van der Waals surface area contributed by atoms with Crippen LogP contribution < -0.4 is 10.5 Å². The first-order chi connectivity index (χ1) is 9.15. The molecule has 110 valence electrons. The molecule has 0 aliphatic rings. The summed E-state index contributed by atoms with van der Waals surface area (Å²) in [5, 5.41) is 17.7. The lowest BCUT2D eigenvalue weighted by atomic mass is 10.2. The van der Waals surface area contributed by atoms with Crippen LogP contribution in [0.5, 0.6) is 0 Å². The third kappa shape index (κ3) is 3.73. The molecule has 1 unspecified atom stereocenters. The van der Waals surface area contributed by atoms with Gasteiger partial charge in [-0.25, -0.2) is 22.3 Å². The molecular weight excluding hydrogens is 295 g/mol. The average Bonchev–Trinajstić information content (AvgIpc) is 2.35. The minimum Gasteiger partial charge on any atom is -0.478 e. The number of aromatic carboxylic acids is 1. The van der Waals surface area contributed by atoms with E-state index in [0.717, 1.165) is 12.1 Å². The van der Waals surface area contributed by atoms with E-state index in [-0.39, 0.29) is 0 Å². The number of sulfonamides is 1. The first kappa shape index (κ1) is 16.0. The fourth-order valence-corrected chi connectivity index (χ4v) is 2.31. The monoisotopic (exact) mass is 306 g/mol. The van der Waals surface area contributed by atoms with Gasteiger partial charge in [0.1, 0.15) is 16.8 Å². The van der Waals surface area contributed by atoms with Gasteiger partial charge in [0.15, 0.2) is 0 Å². The fourth-order valence-electron chi connectivity index (χ4n) is 1.22. The van der Waals surface area contributed by atoms with E-state index < -0.39 is 50.8 Å². The Morgan fingerprint density at radius 1 is 1.40 bits per heavy atom. The van der Waals surface area contributed by atoms with Crippen molar-refractivity contribution in [2.24, 2.45) is 5.73 Å². The van der Waals surface area contributed by atoms with E-state index in [0.29, 0.717) is 6.07 Å². The highest BCUT2D eigenvalue weighted by Gasteiger charge is 2.22. The van der Waals surface area contributed by atoms with Gasteiger partial charge >= 0.3 is 5.97 Å². The number of nitrogens with two attached hydrogens (primary N) is 1. The number of halogens is 1. The van der Waals surface area contributed by atoms with Crippen LogP contribution in [0.2, 0.25) is 0 Å². The van der Waals surface area contributed by atoms with Gasteiger partial charge in [-0.1, -0.05) is 0 Å². The molecule has 20 heavy (non-hydrogen) atoms. The van der Waals surface area contributed by atoms with Crippen molar-refractivity contribution in [1.82, 2.24) is 4.72 Å². The maximum atomic E-state index is 13.6. The average molecular weight is 306 g/mol. The van der Waals surface area contributed by atoms with Crippen LogP contribution in [-0.2, 0) is 14.8 Å². The summed E-state index contributed by atoms with van der Waals surface area (Å²) in [5.41, 5.74) is 4.31. The molecule has 0 fully saturated rings. The van der Waals surface area contributed by atoms with Crippen LogP contribution in [0.1, 0.15) is 10.4 Å². The van der Waals surface area contributed by atoms with E-state index in [1.54, 1.807) is 4.72 Å². The van der Waals surface area contributed by atoms with Gasteiger partial charge in [0, 0.05) is 6.54 Å². The van der Waals surface area contributed by atoms with E-state index in [4.69, 9.17) is 15.9 Å². The van der Waals surface area contributed by atoms with Crippen LogP contribution in [0, 0.1) is 5.82 Å². The summed E-state index contributed by atoms with van der Waals surface area (Å²) in [4.78, 5) is 20.3. The molecule has 1 atom stereocenters. The summed E-state index contributed by atoms with van der Waals surface area (Å²) < 4.78 is 38.7. The van der Waals surface area contributed by atoms with Gasteiger partial charge in [0.2, 0.25) is 15.9 Å². The molecule has 0 saturated heterocycles. The topological polar surface area (TPSA) is 147 Å². The van der Waals surface area contributed by atoms with Crippen LogP contribution in [0.4, 0.5) is 4.39 Å². The van der Waals surface area contributed by atoms with Crippen LogP contribution in [0.25, 0.3) is 0 Å². The highest BCUT2D eigenvalue weighted by Crippen LogP contribution is 2.16. The first-order valence-electron chi connectivity index (χ1n) is 5.15. The van der Waals surface area contributed by atoms with Crippen LogP contribution in [0.15, 0.2) is 23.1 Å². The Kier molecular flexibility index (Phi) is 4.76. The molecule has 1 amide bonds. The number of nitrogens with one attached hydrogen (secondary N) is 1. The molecule has 1 aromatic rings. The Morgan fingerprint density at radius 3 is 2.45 bits per heavy atom. The van der Waals surface area contributed by atoms with E-state index in [2.05, 4.69) is 0 Å². The van der Waals surface area contributed by atoms with Crippen LogP contribution in [-0.4, -0.2) is 43.2 Å². The molecule has 1 rings (SSSR count). The zero-order chi connectivity index (χ0) is 15.5. The number of carbonyl (C=O) groups is 2. The molecule has 0 spiro atoms. The lowest BCUT2D eigenvalue weighted by Gasteiger charge is -2.10. The van der Waals surface area contributed by atoms with Gasteiger partial charge in [0.25, 0.3) is 0 Å². The molecule has 1 aromatic carbocycles. The van der Waals surface area contributed by atoms with Crippen molar-refractivity contribution in [3.63, 3.8) is 0 Å². The zero-order valence-corrected chi connectivity index (χ0v) is 10.7. The number of aliphatic hydroxyl groups excluding tert-OH is 1. The molecular formula is C10H11FN2O6S. The molecule has 10 heteroatoms. The molecule has 0 heterocycles. The number of benzene rings is 1. The molecule has 0 saturated carbocycles. The van der Waals surface area contributed by atoms with Crippen molar-refractivity contribution < 1.29 is 32.6 Å². The number of rotatable bonds is 6. The largest absolute Gasteiger partial charge is 0.478 e. The summed E-state index contributed by atoms with van der Waals surface area (Å²) >= 11 is 0. The Balaban J connectivity index is 2.99. The van der Waals surface area contributed by atoms with Crippen LogP contribution in [0.3, 0.4) is 0 Å². The number of aliphatic hydroxyl groups is 1. The smallest absolute Gasteiger partial charge is 0.335 e. The highest BCUT2D eigenvalue weighted by molar-refractivity contribution is 7.89. The van der Waals surface area contributed by atoms with E-state index in [1.807, 2.05) is 0 Å². The Labute approximate surface area is 113 Å². The van der Waals surface area contributed by atoms with E-state index in [1.165, 1.54) is 0 Å². The highest BCUT2D eigenvalue weighted by atomic mass is 32.2. The van der Waals surface area contributed by atoms with E-state index in [9.17, 15) is 22.4 Å². The van der Waals surface area contributed by atoms with Gasteiger partial charge in [-0.15, -0.1) is 0 Å². The zero-order valence-electron chi connectivity index (χ0n) is 9.91. The van der Waals surface area contributed by atoms with Crippen molar-refractivity contribution in [2.45, 2.75) is 11.0 Å². The number of hydrogen-bond acceptors (Lipinski definition) is 5. The predicted octanol–water partition coefficient (Wildman–Crippen LogP) is -1.35. The normalized spacial score (nSPS) is 12.9. The molecule has 0 aliphatic carbocycles. The molecule has 0 aromatic heterocycles. The lowest BCUT2D eigenvalue weighted by molar-refractivity contribution is -0.125. The summed E-state index contributed by atoms with van der Waals surface area (Å²) in [7, 11) is -4.35. The molecule has 0 aliphatic heterocycles. The van der Waals surface area contributed by atoms with Gasteiger partial charge in [-0.05, 0) is 18.2 Å². The van der Waals surface area contributed by atoms with Crippen LogP contribution >= 0.6 is 0 Å². The Bertz CT molecular complexity index is 645. The van der Waals surface area contributed by atoms with Crippen molar-refractivity contribution >= 4 is 21.9 Å². The number of amides is 1. The quantitative estimate of drug-likeness (QED) is 0.511. The molecule has 0 radical (unpaired) electrons. The number of carbonyl (C=O) groups excluding carboxylic acids is 1. The molecule has 0 bridgehead atoms.